The van der Waals surface area contributed by atoms with Crippen LogP contribution in [0.5, 0.6) is 17.2 Å². The summed E-state index contributed by atoms with van der Waals surface area (Å²) in [5, 5.41) is 19.1. The molecule has 0 fully saturated rings. The summed E-state index contributed by atoms with van der Waals surface area (Å²) in [6, 6.07) is 7.15. The fourth-order valence-electron chi connectivity index (χ4n) is 2.34. The van der Waals surface area contributed by atoms with Gasteiger partial charge in [0.1, 0.15) is 5.75 Å². The molecule has 0 aromatic heterocycles. The van der Waals surface area contributed by atoms with Gasteiger partial charge in [0.05, 0.1) is 19.1 Å². The molecule has 7 nitrogen and oxygen atoms in total. The van der Waals surface area contributed by atoms with Crippen LogP contribution >= 0.6 is 0 Å². The first-order valence-electron chi connectivity index (χ1n) is 8.20. The molecule has 0 radical (unpaired) electrons. The van der Waals surface area contributed by atoms with E-state index in [0.717, 1.165) is 0 Å². The van der Waals surface area contributed by atoms with Crippen LogP contribution in [0.4, 0.5) is 5.69 Å². The molecular weight excluding hydrogens is 362 g/mol. The second kappa shape index (κ2) is 9.18. The van der Waals surface area contributed by atoms with E-state index in [2.05, 4.69) is 0 Å². The second-order valence-corrected chi connectivity index (χ2v) is 5.87. The van der Waals surface area contributed by atoms with Gasteiger partial charge < -0.3 is 20.7 Å². The van der Waals surface area contributed by atoms with Crippen molar-refractivity contribution in [1.82, 2.24) is 0 Å². The molecule has 7 heteroatoms. The number of nitrogens with two attached hydrogens (primary N) is 1. The number of anilines is 1. The number of hydrogen-bond acceptors (Lipinski definition) is 7. The van der Waals surface area contributed by atoms with Crippen molar-refractivity contribution in [2.45, 2.75) is 6.42 Å². The van der Waals surface area contributed by atoms with Gasteiger partial charge in [-0.25, -0.2) is 0 Å². The maximum absolute atomic E-state index is 12.0. The third-order valence-corrected chi connectivity index (χ3v) is 3.82. The van der Waals surface area contributed by atoms with Crippen molar-refractivity contribution in [2.24, 2.45) is 0 Å². The molecule has 0 amide bonds. The van der Waals surface area contributed by atoms with E-state index in [1.807, 2.05) is 0 Å². The van der Waals surface area contributed by atoms with E-state index in [0.29, 0.717) is 17.4 Å². The van der Waals surface area contributed by atoms with E-state index >= 15 is 0 Å². The Kier molecular flexibility index (Phi) is 6.70. The molecule has 0 aliphatic carbocycles. The molecule has 144 valence electrons. The predicted octanol–water partition coefficient (Wildman–Crippen LogP) is 2.76. The van der Waals surface area contributed by atoms with Crippen LogP contribution in [-0.2, 0) is 9.59 Å². The number of allylic oxidation sites excluding steroid dienone is 2. The molecule has 0 heterocycles. The molecule has 0 saturated heterocycles. The Hall–Kier alpha value is -3.87. The molecule has 0 saturated carbocycles. The smallest absolute Gasteiger partial charge is 0.163 e. The molecule has 0 bridgehead atoms. The van der Waals surface area contributed by atoms with Crippen LogP contribution in [0.3, 0.4) is 0 Å². The third-order valence-electron chi connectivity index (χ3n) is 3.82. The average molecular weight is 381 g/mol. The van der Waals surface area contributed by atoms with E-state index in [9.17, 15) is 24.6 Å². The summed E-state index contributed by atoms with van der Waals surface area (Å²) in [6.07, 6.45) is 5.46. The topological polar surface area (TPSA) is 127 Å². The predicted molar refractivity (Wildman–Crippen MR) is 105 cm³/mol. The fraction of sp³-hybridized carbons (Fsp3) is 0.0952. The Morgan fingerprint density at radius 2 is 1.68 bits per heavy atom. The summed E-state index contributed by atoms with van der Waals surface area (Å²) in [7, 11) is 1.41. The van der Waals surface area contributed by atoms with Crippen molar-refractivity contribution < 1.29 is 29.3 Å². The molecule has 28 heavy (non-hydrogen) atoms. The third kappa shape index (κ3) is 5.31. The maximum atomic E-state index is 12.0. The van der Waals surface area contributed by atoms with Gasteiger partial charge in [-0.05, 0) is 47.6 Å². The number of aldehydes is 1. The minimum absolute atomic E-state index is 0.0162. The highest BCUT2D eigenvalue weighted by molar-refractivity contribution is 6.11. The van der Waals surface area contributed by atoms with Gasteiger partial charge in [-0.15, -0.1) is 0 Å². The van der Waals surface area contributed by atoms with Crippen LogP contribution in [0.15, 0.2) is 42.5 Å². The summed E-state index contributed by atoms with van der Waals surface area (Å²) in [5.41, 5.74) is 6.99. The van der Waals surface area contributed by atoms with Crippen LogP contribution in [0.1, 0.15) is 27.9 Å². The highest BCUT2D eigenvalue weighted by Crippen LogP contribution is 2.27. The van der Waals surface area contributed by atoms with Gasteiger partial charge in [0.15, 0.2) is 29.4 Å². The Morgan fingerprint density at radius 1 is 1.00 bits per heavy atom. The van der Waals surface area contributed by atoms with E-state index in [4.69, 9.17) is 10.5 Å². The fourth-order valence-corrected chi connectivity index (χ4v) is 2.34. The molecule has 0 atom stereocenters. The number of hydrogen-bond donors (Lipinski definition) is 3. The number of nitrogen functional groups attached to an aromatic ring is 1. The molecule has 2 aromatic carbocycles. The number of benzene rings is 2. The number of methoxy groups -OCH3 is 1. The average Bonchev–Trinajstić information content (AvgIpc) is 2.66. The standard InChI is InChI=1S/C21H19NO6/c1-28-21-8-13(3-7-19(21)26)2-5-16(24)10-17(25)6-4-14-9-15(12-23)20(27)11-18(14)22/h2-9,11-12,26-27H,10,22H2,1H3/b5-2+,6-4+. The molecule has 4 N–H and O–H groups in total. The van der Waals surface area contributed by atoms with Crippen LogP contribution < -0.4 is 10.5 Å². The monoisotopic (exact) mass is 381 g/mol. The number of phenols is 2. The van der Waals surface area contributed by atoms with Crippen LogP contribution in [0, 0.1) is 0 Å². The van der Waals surface area contributed by atoms with Crippen LogP contribution in [0.2, 0.25) is 0 Å². The lowest BCUT2D eigenvalue weighted by atomic mass is 10.1. The Balaban J connectivity index is 2.02. The lowest BCUT2D eigenvalue weighted by molar-refractivity contribution is -0.121. The van der Waals surface area contributed by atoms with Gasteiger partial charge in [0.2, 0.25) is 0 Å². The van der Waals surface area contributed by atoms with Crippen LogP contribution in [0.25, 0.3) is 12.2 Å². The van der Waals surface area contributed by atoms with Gasteiger partial charge in [0, 0.05) is 11.8 Å². The van der Waals surface area contributed by atoms with Gasteiger partial charge in [-0.2, -0.15) is 0 Å². The maximum Gasteiger partial charge on any atom is 0.163 e. The SMILES string of the molecule is COc1cc(/C=C/C(=O)CC(=O)/C=C/c2cc(C=O)c(O)cc2N)ccc1O. The van der Waals surface area contributed by atoms with E-state index in [-0.39, 0.29) is 34.9 Å². The van der Waals surface area contributed by atoms with Crippen molar-refractivity contribution in [1.29, 1.82) is 0 Å². The number of aromatic hydroxyl groups is 2. The van der Waals surface area contributed by atoms with Gasteiger partial charge in [-0.1, -0.05) is 12.1 Å². The molecule has 2 rings (SSSR count). The summed E-state index contributed by atoms with van der Waals surface area (Å²) in [6.45, 7) is 0. The highest BCUT2D eigenvalue weighted by Gasteiger charge is 2.07. The highest BCUT2D eigenvalue weighted by atomic mass is 16.5. The number of carbonyl (C=O) groups is 3. The minimum atomic E-state index is -0.446. The zero-order valence-electron chi connectivity index (χ0n) is 15.1. The Bertz CT molecular complexity index is 975. The molecule has 0 aliphatic rings. The number of phenolic OH excluding ortho intramolecular Hbond substituents is 2. The number of ketones is 2. The van der Waals surface area contributed by atoms with Gasteiger partial charge >= 0.3 is 0 Å². The number of ether oxygens (including phenoxy) is 1. The molecule has 2 aromatic rings. The van der Waals surface area contributed by atoms with Crippen LogP contribution in [-0.4, -0.2) is 35.2 Å². The largest absolute Gasteiger partial charge is 0.507 e. The first-order chi connectivity index (χ1) is 13.3. The minimum Gasteiger partial charge on any atom is -0.507 e. The summed E-state index contributed by atoms with van der Waals surface area (Å²) in [4.78, 5) is 34.8. The zero-order valence-corrected chi connectivity index (χ0v) is 15.1. The number of rotatable bonds is 8. The first kappa shape index (κ1) is 20.4. The van der Waals surface area contributed by atoms with Crippen molar-refractivity contribution in [3.8, 4) is 17.2 Å². The van der Waals surface area contributed by atoms with Crippen molar-refractivity contribution in [2.75, 3.05) is 12.8 Å². The second-order valence-electron chi connectivity index (χ2n) is 5.87. The number of carbonyl (C=O) groups excluding carboxylic acids is 3. The molecule has 0 spiro atoms. The lowest BCUT2D eigenvalue weighted by Gasteiger charge is -2.04. The van der Waals surface area contributed by atoms with E-state index in [1.165, 1.54) is 49.6 Å². The quantitative estimate of drug-likeness (QED) is 0.278. The van der Waals surface area contributed by atoms with Crippen molar-refractivity contribution in [3.05, 3.63) is 59.2 Å². The summed E-state index contributed by atoms with van der Waals surface area (Å²) in [5.74, 6) is -0.846. The first-order valence-corrected chi connectivity index (χ1v) is 8.20. The molecule has 0 unspecified atom stereocenters. The van der Waals surface area contributed by atoms with Crippen molar-refractivity contribution >= 4 is 35.7 Å². The summed E-state index contributed by atoms with van der Waals surface area (Å²) >= 11 is 0. The van der Waals surface area contributed by atoms with E-state index in [1.54, 1.807) is 12.1 Å². The summed E-state index contributed by atoms with van der Waals surface area (Å²) < 4.78 is 4.98. The van der Waals surface area contributed by atoms with Crippen molar-refractivity contribution in [3.63, 3.8) is 0 Å². The Labute approximate surface area is 161 Å². The molecule has 0 aliphatic heterocycles. The zero-order chi connectivity index (χ0) is 20.7. The Morgan fingerprint density at radius 3 is 2.32 bits per heavy atom. The van der Waals surface area contributed by atoms with Gasteiger partial charge in [-0.3, -0.25) is 14.4 Å². The normalized spacial score (nSPS) is 11.0. The molecular formula is C21H19NO6. The lowest BCUT2D eigenvalue weighted by Crippen LogP contribution is -2.02. The van der Waals surface area contributed by atoms with E-state index < -0.39 is 11.6 Å². The van der Waals surface area contributed by atoms with Gasteiger partial charge in [0.25, 0.3) is 0 Å².